The minimum Gasteiger partial charge on any atom is -0.0806 e. The smallest absolute Gasteiger partial charge is 0.0165 e. The molecule has 0 spiro atoms. The third kappa shape index (κ3) is 4.06. The maximum absolute atomic E-state index is 2.61. The molecule has 1 unspecified atom stereocenters. The first-order valence-corrected chi connectivity index (χ1v) is 10.1. The van der Waals surface area contributed by atoms with Gasteiger partial charge in [0.1, 0.15) is 0 Å². The summed E-state index contributed by atoms with van der Waals surface area (Å²) < 4.78 is 0. The van der Waals surface area contributed by atoms with Crippen LogP contribution in [0.15, 0.2) is 23.8 Å². The monoisotopic (exact) mass is 300 g/mol. The van der Waals surface area contributed by atoms with Gasteiger partial charge in [-0.1, -0.05) is 70.6 Å². The minimum atomic E-state index is 0.855. The third-order valence-corrected chi connectivity index (χ3v) is 6.84. The fraction of sp³-hybridized carbons (Fsp3) is 0.818. The summed E-state index contributed by atoms with van der Waals surface area (Å²) in [6, 6.07) is 0. The van der Waals surface area contributed by atoms with E-state index in [2.05, 4.69) is 32.1 Å². The van der Waals surface area contributed by atoms with E-state index in [-0.39, 0.29) is 0 Å². The molecule has 0 amide bonds. The van der Waals surface area contributed by atoms with Crippen molar-refractivity contribution in [3.63, 3.8) is 0 Å². The maximum Gasteiger partial charge on any atom is -0.0165 e. The van der Waals surface area contributed by atoms with E-state index >= 15 is 0 Å². The SMILES string of the molecule is CCCC1CCC(C2C=CC(C3CCC(C)CC3)=CC2)CC1. The summed E-state index contributed by atoms with van der Waals surface area (Å²) in [6.07, 6.45) is 23.7. The highest BCUT2D eigenvalue weighted by Crippen LogP contribution is 2.41. The van der Waals surface area contributed by atoms with Crippen molar-refractivity contribution in [3.8, 4) is 0 Å². The molecule has 22 heavy (non-hydrogen) atoms. The summed E-state index contributed by atoms with van der Waals surface area (Å²) in [6.45, 7) is 4.76. The second kappa shape index (κ2) is 7.84. The Bertz CT molecular complexity index is 386. The zero-order valence-electron chi connectivity index (χ0n) is 14.9. The zero-order valence-corrected chi connectivity index (χ0v) is 14.9. The van der Waals surface area contributed by atoms with E-state index in [1.54, 1.807) is 5.57 Å². The first-order valence-electron chi connectivity index (χ1n) is 10.1. The summed E-state index contributed by atoms with van der Waals surface area (Å²) in [7, 11) is 0. The molecular weight excluding hydrogens is 264 g/mol. The van der Waals surface area contributed by atoms with Crippen LogP contribution < -0.4 is 0 Å². The van der Waals surface area contributed by atoms with E-state index in [1.165, 1.54) is 70.6 Å². The van der Waals surface area contributed by atoms with E-state index in [4.69, 9.17) is 0 Å². The first-order chi connectivity index (χ1) is 10.8. The molecule has 0 aromatic carbocycles. The molecule has 0 aliphatic heterocycles. The molecule has 3 aliphatic rings. The molecule has 0 aromatic heterocycles. The van der Waals surface area contributed by atoms with Crippen LogP contribution in [0.4, 0.5) is 0 Å². The van der Waals surface area contributed by atoms with Gasteiger partial charge in [-0.05, 0) is 67.3 Å². The summed E-state index contributed by atoms with van der Waals surface area (Å²) >= 11 is 0. The van der Waals surface area contributed by atoms with Gasteiger partial charge in [0.05, 0.1) is 0 Å². The Morgan fingerprint density at radius 1 is 0.955 bits per heavy atom. The molecule has 2 fully saturated rings. The second-order valence-corrected chi connectivity index (χ2v) is 8.49. The van der Waals surface area contributed by atoms with E-state index in [0.717, 1.165) is 29.6 Å². The molecule has 124 valence electrons. The van der Waals surface area contributed by atoms with Gasteiger partial charge in [-0.25, -0.2) is 0 Å². The second-order valence-electron chi connectivity index (χ2n) is 8.49. The van der Waals surface area contributed by atoms with Crippen LogP contribution in [0.25, 0.3) is 0 Å². The summed E-state index contributed by atoms with van der Waals surface area (Å²) in [5.74, 6) is 4.73. The van der Waals surface area contributed by atoms with Crippen LogP contribution in [0.1, 0.15) is 84.5 Å². The molecule has 0 heteroatoms. The van der Waals surface area contributed by atoms with Crippen LogP contribution in [0, 0.1) is 29.6 Å². The standard InChI is InChI=1S/C22H36/c1-3-4-18-7-11-20(12-8-18)22-15-13-21(14-16-22)19-9-5-17(2)6-10-19/h13-15,17-20,22H,3-12,16H2,1-2H3. The van der Waals surface area contributed by atoms with Gasteiger partial charge in [0.15, 0.2) is 0 Å². The number of hydrogen-bond donors (Lipinski definition) is 0. The average molecular weight is 301 g/mol. The Balaban J connectivity index is 1.46. The molecule has 0 aromatic rings. The zero-order chi connectivity index (χ0) is 15.4. The van der Waals surface area contributed by atoms with Crippen molar-refractivity contribution in [2.45, 2.75) is 84.5 Å². The van der Waals surface area contributed by atoms with E-state index < -0.39 is 0 Å². The maximum atomic E-state index is 2.61. The molecule has 0 N–H and O–H groups in total. The first kappa shape index (κ1) is 16.3. The molecule has 0 nitrogen and oxygen atoms in total. The number of rotatable bonds is 4. The van der Waals surface area contributed by atoms with Gasteiger partial charge in [0, 0.05) is 0 Å². The molecule has 0 heterocycles. The van der Waals surface area contributed by atoms with Crippen molar-refractivity contribution < 1.29 is 0 Å². The van der Waals surface area contributed by atoms with Crippen molar-refractivity contribution in [3.05, 3.63) is 23.8 Å². The number of hydrogen-bond acceptors (Lipinski definition) is 0. The molecule has 3 aliphatic carbocycles. The summed E-state index contributed by atoms with van der Waals surface area (Å²) in [4.78, 5) is 0. The Morgan fingerprint density at radius 2 is 1.68 bits per heavy atom. The topological polar surface area (TPSA) is 0 Å². The van der Waals surface area contributed by atoms with Crippen LogP contribution in [0.2, 0.25) is 0 Å². The largest absolute Gasteiger partial charge is 0.0806 e. The van der Waals surface area contributed by atoms with Crippen molar-refractivity contribution in [2.75, 3.05) is 0 Å². The fourth-order valence-electron chi connectivity index (χ4n) is 5.21. The molecule has 0 saturated heterocycles. The minimum absolute atomic E-state index is 0.855. The van der Waals surface area contributed by atoms with E-state index in [1.807, 2.05) is 0 Å². The van der Waals surface area contributed by atoms with Crippen LogP contribution in [0.3, 0.4) is 0 Å². The molecule has 2 saturated carbocycles. The Hall–Kier alpha value is -0.520. The van der Waals surface area contributed by atoms with Crippen molar-refractivity contribution in [1.29, 1.82) is 0 Å². The highest BCUT2D eigenvalue weighted by atomic mass is 14.3. The number of allylic oxidation sites excluding steroid dienone is 4. The highest BCUT2D eigenvalue weighted by Gasteiger charge is 2.28. The molecule has 3 rings (SSSR count). The van der Waals surface area contributed by atoms with Gasteiger partial charge in [-0.3, -0.25) is 0 Å². The molecule has 0 bridgehead atoms. The highest BCUT2D eigenvalue weighted by molar-refractivity contribution is 5.27. The van der Waals surface area contributed by atoms with E-state index in [9.17, 15) is 0 Å². The van der Waals surface area contributed by atoms with E-state index in [0.29, 0.717) is 0 Å². The lowest BCUT2D eigenvalue weighted by molar-refractivity contribution is 0.220. The average Bonchev–Trinajstić information content (AvgIpc) is 2.57. The van der Waals surface area contributed by atoms with Crippen LogP contribution in [-0.4, -0.2) is 0 Å². The Labute approximate surface area is 138 Å². The quantitative estimate of drug-likeness (QED) is 0.528. The van der Waals surface area contributed by atoms with Crippen LogP contribution in [-0.2, 0) is 0 Å². The van der Waals surface area contributed by atoms with Gasteiger partial charge in [-0.15, -0.1) is 0 Å². The summed E-state index contributed by atoms with van der Waals surface area (Å²) in [5.41, 5.74) is 1.68. The molecular formula is C22H36. The van der Waals surface area contributed by atoms with Crippen LogP contribution in [0.5, 0.6) is 0 Å². The predicted molar refractivity (Wildman–Crippen MR) is 96.8 cm³/mol. The van der Waals surface area contributed by atoms with Gasteiger partial charge in [0.25, 0.3) is 0 Å². The van der Waals surface area contributed by atoms with Crippen molar-refractivity contribution >= 4 is 0 Å². The van der Waals surface area contributed by atoms with Crippen molar-refractivity contribution in [2.24, 2.45) is 29.6 Å². The van der Waals surface area contributed by atoms with Gasteiger partial charge < -0.3 is 0 Å². The lowest BCUT2D eigenvalue weighted by Gasteiger charge is -2.34. The Morgan fingerprint density at radius 3 is 2.27 bits per heavy atom. The van der Waals surface area contributed by atoms with Gasteiger partial charge in [0.2, 0.25) is 0 Å². The fourth-order valence-corrected chi connectivity index (χ4v) is 5.21. The van der Waals surface area contributed by atoms with Crippen LogP contribution >= 0.6 is 0 Å². The molecule has 1 atom stereocenters. The lowest BCUT2D eigenvalue weighted by atomic mass is 9.71. The molecule has 0 radical (unpaired) electrons. The predicted octanol–water partition coefficient (Wildman–Crippen LogP) is 6.92. The van der Waals surface area contributed by atoms with Gasteiger partial charge in [-0.2, -0.15) is 0 Å². The van der Waals surface area contributed by atoms with Gasteiger partial charge >= 0.3 is 0 Å². The normalized spacial score (nSPS) is 39.5. The summed E-state index contributed by atoms with van der Waals surface area (Å²) in [5, 5.41) is 0. The lowest BCUT2D eigenvalue weighted by Crippen LogP contribution is -2.22. The third-order valence-electron chi connectivity index (χ3n) is 6.84. The van der Waals surface area contributed by atoms with Crippen molar-refractivity contribution in [1.82, 2.24) is 0 Å². The Kier molecular flexibility index (Phi) is 5.83.